The van der Waals surface area contributed by atoms with Crippen LogP contribution in [-0.2, 0) is 6.42 Å². The van der Waals surface area contributed by atoms with Crippen LogP contribution in [0.25, 0.3) is 0 Å². The molecule has 2 N–H and O–H groups in total. The normalized spacial score (nSPS) is 42.4. The summed E-state index contributed by atoms with van der Waals surface area (Å²) in [5.74, 6) is 2.53. The number of aryl methyl sites for hydroxylation is 1. The highest BCUT2D eigenvalue weighted by Crippen LogP contribution is 2.63. The summed E-state index contributed by atoms with van der Waals surface area (Å²) in [6.45, 7) is 4.33. The van der Waals surface area contributed by atoms with Crippen molar-refractivity contribution in [3.8, 4) is 5.75 Å². The van der Waals surface area contributed by atoms with E-state index < -0.39 is 11.7 Å². The van der Waals surface area contributed by atoms with Crippen LogP contribution >= 0.6 is 0 Å². The third-order valence-corrected chi connectivity index (χ3v) is 7.76. The van der Waals surface area contributed by atoms with Crippen molar-refractivity contribution in [3.63, 3.8) is 0 Å². The first-order valence-corrected chi connectivity index (χ1v) is 10.00. The van der Waals surface area contributed by atoms with E-state index in [1.54, 1.807) is 7.11 Å². The first-order chi connectivity index (χ1) is 11.9. The zero-order valence-corrected chi connectivity index (χ0v) is 15.8. The average molecular weight is 344 g/mol. The highest BCUT2D eigenvalue weighted by Gasteiger charge is 2.62. The maximum absolute atomic E-state index is 11.1. The van der Waals surface area contributed by atoms with Crippen molar-refractivity contribution >= 4 is 0 Å². The van der Waals surface area contributed by atoms with Gasteiger partial charge in [-0.15, -0.1) is 0 Å². The van der Waals surface area contributed by atoms with Crippen LogP contribution in [0.1, 0.15) is 69.4 Å². The SMILES string of the molecule is CCC[C@]1(O)C[C@H]2[C@@H]3CCc4cc(OC)ccc4[C@H]3CC[C@]2(C)[C@H]1O. The molecule has 0 unspecified atom stereocenters. The molecule has 3 heteroatoms. The maximum Gasteiger partial charge on any atom is 0.119 e. The third-order valence-electron chi connectivity index (χ3n) is 7.76. The van der Waals surface area contributed by atoms with Gasteiger partial charge in [-0.25, -0.2) is 0 Å². The van der Waals surface area contributed by atoms with Crippen LogP contribution in [-0.4, -0.2) is 29.0 Å². The van der Waals surface area contributed by atoms with Crippen LogP contribution in [0.15, 0.2) is 18.2 Å². The van der Waals surface area contributed by atoms with Crippen LogP contribution in [0.4, 0.5) is 0 Å². The third kappa shape index (κ3) is 2.46. The molecule has 138 valence electrons. The number of aliphatic hydroxyl groups excluding tert-OH is 1. The number of hydrogen-bond acceptors (Lipinski definition) is 3. The van der Waals surface area contributed by atoms with Crippen molar-refractivity contribution in [1.82, 2.24) is 0 Å². The van der Waals surface area contributed by atoms with Gasteiger partial charge >= 0.3 is 0 Å². The molecule has 0 saturated heterocycles. The van der Waals surface area contributed by atoms with E-state index in [1.807, 2.05) is 0 Å². The quantitative estimate of drug-likeness (QED) is 0.869. The highest BCUT2D eigenvalue weighted by molar-refractivity contribution is 5.41. The predicted octanol–water partition coefficient (Wildman–Crippen LogP) is 4.05. The fourth-order valence-electron chi connectivity index (χ4n) is 6.54. The van der Waals surface area contributed by atoms with Crippen molar-refractivity contribution in [2.75, 3.05) is 7.11 Å². The van der Waals surface area contributed by atoms with E-state index in [9.17, 15) is 10.2 Å². The molecule has 0 heterocycles. The second-order valence-corrected chi connectivity index (χ2v) is 8.98. The Morgan fingerprint density at radius 2 is 2.08 bits per heavy atom. The molecule has 0 radical (unpaired) electrons. The lowest BCUT2D eigenvalue weighted by Gasteiger charge is -2.50. The molecule has 0 spiro atoms. The molecule has 2 saturated carbocycles. The monoisotopic (exact) mass is 344 g/mol. The Labute approximate surface area is 151 Å². The zero-order valence-electron chi connectivity index (χ0n) is 15.8. The number of ether oxygens (including phenoxy) is 1. The highest BCUT2D eigenvalue weighted by atomic mass is 16.5. The topological polar surface area (TPSA) is 49.7 Å². The largest absolute Gasteiger partial charge is 0.497 e. The van der Waals surface area contributed by atoms with E-state index in [0.717, 1.165) is 37.9 Å². The Balaban J connectivity index is 1.67. The molecule has 0 aliphatic heterocycles. The van der Waals surface area contributed by atoms with Gasteiger partial charge < -0.3 is 14.9 Å². The maximum atomic E-state index is 11.1. The van der Waals surface area contributed by atoms with Gasteiger partial charge in [0.05, 0.1) is 18.8 Å². The molecule has 4 rings (SSSR count). The van der Waals surface area contributed by atoms with Crippen molar-refractivity contribution < 1.29 is 14.9 Å². The number of hydrogen-bond donors (Lipinski definition) is 2. The fraction of sp³-hybridized carbons (Fsp3) is 0.727. The Hall–Kier alpha value is -1.06. The second kappa shape index (κ2) is 5.99. The van der Waals surface area contributed by atoms with Gasteiger partial charge in [0.15, 0.2) is 0 Å². The van der Waals surface area contributed by atoms with Crippen LogP contribution in [0.3, 0.4) is 0 Å². The van der Waals surface area contributed by atoms with Gasteiger partial charge in [0, 0.05) is 0 Å². The summed E-state index contributed by atoms with van der Waals surface area (Å²) in [6, 6.07) is 6.56. The number of rotatable bonds is 3. The van der Waals surface area contributed by atoms with Crippen LogP contribution in [0.5, 0.6) is 5.75 Å². The van der Waals surface area contributed by atoms with Gasteiger partial charge in [-0.1, -0.05) is 26.3 Å². The van der Waals surface area contributed by atoms with E-state index in [0.29, 0.717) is 24.2 Å². The molecule has 0 bridgehead atoms. The molecule has 25 heavy (non-hydrogen) atoms. The molecule has 0 aromatic heterocycles. The van der Waals surface area contributed by atoms with E-state index in [4.69, 9.17) is 4.74 Å². The zero-order chi connectivity index (χ0) is 17.8. The van der Waals surface area contributed by atoms with Gasteiger partial charge in [-0.05, 0) is 85.0 Å². The predicted molar refractivity (Wildman–Crippen MR) is 98.9 cm³/mol. The summed E-state index contributed by atoms with van der Waals surface area (Å²) in [6.07, 6.45) is 6.21. The minimum absolute atomic E-state index is 0.130. The molecule has 3 nitrogen and oxygen atoms in total. The van der Waals surface area contributed by atoms with Crippen molar-refractivity contribution in [2.45, 2.75) is 76.4 Å². The van der Waals surface area contributed by atoms with Gasteiger partial charge in [0.2, 0.25) is 0 Å². The molecule has 3 aliphatic carbocycles. The smallest absolute Gasteiger partial charge is 0.119 e. The lowest BCUT2D eigenvalue weighted by molar-refractivity contribution is -0.103. The summed E-state index contributed by atoms with van der Waals surface area (Å²) < 4.78 is 5.40. The molecular formula is C22H32O3. The number of methoxy groups -OCH3 is 1. The average Bonchev–Trinajstić information content (AvgIpc) is 2.82. The van der Waals surface area contributed by atoms with Gasteiger partial charge in [-0.3, -0.25) is 0 Å². The first-order valence-electron chi connectivity index (χ1n) is 10.00. The van der Waals surface area contributed by atoms with Crippen molar-refractivity contribution in [2.24, 2.45) is 17.3 Å². The van der Waals surface area contributed by atoms with E-state index in [-0.39, 0.29) is 5.41 Å². The minimum Gasteiger partial charge on any atom is -0.497 e. The molecular weight excluding hydrogens is 312 g/mol. The summed E-state index contributed by atoms with van der Waals surface area (Å²) in [5, 5.41) is 22.2. The van der Waals surface area contributed by atoms with E-state index in [2.05, 4.69) is 32.0 Å². The molecule has 3 aliphatic rings. The van der Waals surface area contributed by atoms with Gasteiger partial charge in [0.1, 0.15) is 5.75 Å². The second-order valence-electron chi connectivity index (χ2n) is 8.98. The standard InChI is InChI=1S/C22H32O3/c1-4-10-22(24)13-19-18-7-5-14-12-15(25-3)6-8-16(14)17(18)9-11-21(19,2)20(22)23/h6,8,12,17-20,23-24H,4-5,7,9-11,13H2,1-3H3/t17-,18-,19+,20-,21+,22+/m1/s1. The van der Waals surface area contributed by atoms with Crippen LogP contribution in [0, 0.1) is 17.3 Å². The Kier molecular flexibility index (Phi) is 4.16. The van der Waals surface area contributed by atoms with Crippen LogP contribution in [0.2, 0.25) is 0 Å². The summed E-state index contributed by atoms with van der Waals surface area (Å²) in [5.41, 5.74) is 1.91. The molecule has 2 fully saturated rings. The number of benzene rings is 1. The summed E-state index contributed by atoms with van der Waals surface area (Å²) >= 11 is 0. The Morgan fingerprint density at radius 1 is 1.28 bits per heavy atom. The molecule has 1 aromatic rings. The lowest BCUT2D eigenvalue weighted by atomic mass is 9.55. The molecule has 1 aromatic carbocycles. The Bertz CT molecular complexity index is 657. The first kappa shape index (κ1) is 17.4. The van der Waals surface area contributed by atoms with E-state index in [1.165, 1.54) is 17.5 Å². The molecule has 0 amide bonds. The van der Waals surface area contributed by atoms with Gasteiger partial charge in [-0.2, -0.15) is 0 Å². The number of fused-ring (bicyclic) bond motifs is 5. The summed E-state index contributed by atoms with van der Waals surface area (Å²) in [7, 11) is 1.73. The molecule has 6 atom stereocenters. The Morgan fingerprint density at radius 3 is 2.80 bits per heavy atom. The minimum atomic E-state index is -0.886. The lowest BCUT2D eigenvalue weighted by Crippen LogP contribution is -2.47. The van der Waals surface area contributed by atoms with E-state index >= 15 is 0 Å². The van der Waals surface area contributed by atoms with Crippen molar-refractivity contribution in [3.05, 3.63) is 29.3 Å². The van der Waals surface area contributed by atoms with Crippen LogP contribution < -0.4 is 4.74 Å². The fourth-order valence-corrected chi connectivity index (χ4v) is 6.54. The van der Waals surface area contributed by atoms with Gasteiger partial charge in [0.25, 0.3) is 0 Å². The summed E-state index contributed by atoms with van der Waals surface area (Å²) in [4.78, 5) is 0. The number of aliphatic hydroxyl groups is 2. The van der Waals surface area contributed by atoms with Crippen molar-refractivity contribution in [1.29, 1.82) is 0 Å².